The van der Waals surface area contributed by atoms with Crippen LogP contribution in [0.5, 0.6) is 0 Å². The summed E-state index contributed by atoms with van der Waals surface area (Å²) in [5.74, 6) is 0. The van der Waals surface area contributed by atoms with E-state index in [0.29, 0.717) is 19.3 Å². The van der Waals surface area contributed by atoms with Crippen molar-refractivity contribution in [3.05, 3.63) is 315 Å². The number of hydrogen-bond donors (Lipinski definition) is 4. The summed E-state index contributed by atoms with van der Waals surface area (Å²) in [7, 11) is 26.5. The molecule has 17 heteroatoms. The van der Waals surface area contributed by atoms with Crippen LogP contribution >= 0.6 is 81.9 Å². The minimum atomic E-state index is -0.877. The Labute approximate surface area is 588 Å². The van der Waals surface area contributed by atoms with E-state index in [2.05, 4.69) is 315 Å². The van der Waals surface area contributed by atoms with E-state index >= 15 is 0 Å². The summed E-state index contributed by atoms with van der Waals surface area (Å²) >= 11 is -1.04. The van der Waals surface area contributed by atoms with Crippen molar-refractivity contribution in [2.45, 2.75) is 46.5 Å². The van der Waals surface area contributed by atoms with E-state index in [0.717, 1.165) is 0 Å². The van der Waals surface area contributed by atoms with Crippen molar-refractivity contribution in [2.75, 3.05) is 26.4 Å². The zero-order chi connectivity index (χ0) is 67.2. The number of nitriles is 1. The Morgan fingerprint density at radius 2 is 0.382 bits per heavy atom. The largest absolute Gasteiger partial charge is 0.102 e. The van der Waals surface area contributed by atoms with E-state index in [1.807, 2.05) is 0 Å². The van der Waals surface area contributed by atoms with E-state index in [-0.39, 0.29) is 78.3 Å². The first kappa shape index (κ1) is 92.6. The van der Waals surface area contributed by atoms with Gasteiger partial charge in [0.25, 0.3) is 0 Å². The summed E-state index contributed by atoms with van der Waals surface area (Å²) < 4.78 is 0. The smallest absolute Gasteiger partial charge is 0.0620 e. The SMILES string of the molecule is N#CCCO.[CH2-]C.[CH2-]C.[CH2-]C.[CH2-]CCO.[CH2-]CCO.[CH2-]CCO.[Cl][Ru][Cl].[Cl][Ru][Cl].[Cl][Ru][Cl].c1ccc([PH+](c2ccccc2)c2ccccc2)cc1.c1ccc([PH+](c2ccccc2)c2ccccc2)cc1.c1ccc([PH+](c2ccccc2)c2ccccc2)cc1. The molecule has 9 aromatic rings. The second-order valence-electron chi connectivity index (χ2n) is 15.9. The minimum absolute atomic E-state index is 0.0174. The Bertz CT molecular complexity index is 2210. The average molecular weight is 1640 g/mol. The third kappa shape index (κ3) is 48.6. The van der Waals surface area contributed by atoms with E-state index in [1.165, 1.54) is 47.7 Å². The van der Waals surface area contributed by atoms with Gasteiger partial charge < -0.3 is 62.0 Å². The van der Waals surface area contributed by atoms with Crippen LogP contribution in [0.4, 0.5) is 0 Å². The topological polar surface area (TPSA) is 105 Å². The van der Waals surface area contributed by atoms with Crippen LogP contribution in [-0.4, -0.2) is 46.9 Å². The summed E-state index contributed by atoms with van der Waals surface area (Å²) in [5, 5.41) is 51.9. The zero-order valence-electron chi connectivity index (χ0n) is 50.9. The fraction of sp³-hybridized carbons (Fsp3) is 0.153. The van der Waals surface area contributed by atoms with E-state index in [4.69, 9.17) is 83.8 Å². The van der Waals surface area contributed by atoms with Gasteiger partial charge in [0.15, 0.2) is 0 Å². The first-order valence-electron chi connectivity index (χ1n) is 27.7. The van der Waals surface area contributed by atoms with Gasteiger partial charge in [-0.1, -0.05) is 164 Å². The standard InChI is InChI=1S/3C18H15P.C3H5NO.3C3H7O.3C2H5.6ClH.3Ru/c3*1-4-10-16(11-5-1)19(17-12-6-2-7-13-17)18-14-8-3-9-15-18;4-2-1-3-5;3*1-2-3-4;3*1-2;;;;;;;;;/h3*1-15H;5H,1,3H2;3*4H,1-3H2;3*1H2,2H3;6*1H;;;/q;;;;6*-1;;;;;;;3*+2/p-3. The molecule has 0 saturated carbocycles. The molecule has 0 unspecified atom stereocenters. The number of aliphatic hydroxyl groups is 4. The maximum absolute atomic E-state index is 7.84. The molecule has 5 nitrogen and oxygen atoms in total. The molecule has 4 N–H and O–H groups in total. The normalized spacial score (nSPS) is 9.09. The fourth-order valence-corrected chi connectivity index (χ4v) is 14.7. The first-order valence-corrected chi connectivity index (χ1v) is 45.6. The van der Waals surface area contributed by atoms with Crippen LogP contribution in [0, 0.1) is 52.9 Å². The van der Waals surface area contributed by atoms with Crippen molar-refractivity contribution in [1.82, 2.24) is 0 Å². The van der Waals surface area contributed by atoms with Crippen molar-refractivity contribution >= 4 is 130 Å². The van der Waals surface area contributed by atoms with Crippen molar-refractivity contribution in [2.24, 2.45) is 0 Å². The number of benzene rings is 9. The molecular formula is C72H89Cl6NO4P3Ru3-3. The minimum Gasteiger partial charge on any atom is -0.0620 e. The molecular weight excluding hydrogens is 1550 g/mol. The van der Waals surface area contributed by atoms with Crippen LogP contribution in [0.2, 0.25) is 0 Å². The van der Waals surface area contributed by atoms with Crippen LogP contribution in [0.3, 0.4) is 0 Å². The van der Waals surface area contributed by atoms with Gasteiger partial charge in [0.05, 0.1) is 42.9 Å². The molecule has 0 heterocycles. The van der Waals surface area contributed by atoms with Crippen molar-refractivity contribution in [1.29, 1.82) is 5.26 Å². The maximum Gasteiger partial charge on any atom is 0.102 e. The van der Waals surface area contributed by atoms with Crippen LogP contribution < -0.4 is 47.7 Å². The van der Waals surface area contributed by atoms with E-state index in [1.54, 1.807) is 26.8 Å². The molecule has 0 radical (unpaired) electrons. The molecule has 9 aromatic carbocycles. The van der Waals surface area contributed by atoms with Gasteiger partial charge >= 0.3 is 104 Å². The predicted molar refractivity (Wildman–Crippen MR) is 396 cm³/mol. The monoisotopic (exact) mass is 1640 g/mol. The average Bonchev–Trinajstić information content (AvgIpc) is 3.23. The van der Waals surface area contributed by atoms with Crippen molar-refractivity contribution < 1.29 is 65.9 Å². The van der Waals surface area contributed by atoms with Gasteiger partial charge in [0, 0.05) is 19.8 Å². The Morgan fingerprint density at radius 1 is 0.281 bits per heavy atom. The van der Waals surface area contributed by atoms with Gasteiger partial charge in [-0.3, -0.25) is 0 Å². The summed E-state index contributed by atoms with van der Waals surface area (Å²) in [6.45, 7) is 25.7. The van der Waals surface area contributed by atoms with Gasteiger partial charge in [-0.2, -0.15) is 45.3 Å². The second-order valence-corrected chi connectivity index (χ2v) is 31.3. The quantitative estimate of drug-likeness (QED) is 0.0523. The summed E-state index contributed by atoms with van der Waals surface area (Å²) in [5.41, 5.74) is 0. The summed E-state index contributed by atoms with van der Waals surface area (Å²) in [6.07, 6.45) is 2.12. The molecule has 0 aliphatic rings. The number of rotatable bonds is 13. The summed E-state index contributed by atoms with van der Waals surface area (Å²) in [4.78, 5) is 0. The first-order chi connectivity index (χ1) is 43.7. The van der Waals surface area contributed by atoms with Crippen molar-refractivity contribution in [3.8, 4) is 6.07 Å². The predicted octanol–water partition coefficient (Wildman–Crippen LogP) is 16.7. The Hall–Kier alpha value is -2.79. The summed E-state index contributed by atoms with van der Waals surface area (Å²) in [6, 6.07) is 99.3. The molecule has 0 aliphatic carbocycles. The Morgan fingerprint density at radius 3 is 0.438 bits per heavy atom. The van der Waals surface area contributed by atoms with Gasteiger partial charge in [-0.05, 0) is 109 Å². The second kappa shape index (κ2) is 74.3. The van der Waals surface area contributed by atoms with E-state index < -0.39 is 23.8 Å². The third-order valence-corrected chi connectivity index (χ3v) is 18.5. The Kier molecular flexibility index (Phi) is 77.3. The van der Waals surface area contributed by atoms with Crippen LogP contribution in [-0.2, 0) is 45.4 Å². The zero-order valence-corrected chi connectivity index (χ0v) is 63.7. The molecule has 0 fully saturated rings. The van der Waals surface area contributed by atoms with E-state index in [9.17, 15) is 0 Å². The van der Waals surface area contributed by atoms with Crippen LogP contribution in [0.25, 0.3) is 0 Å². The van der Waals surface area contributed by atoms with Crippen LogP contribution in [0.15, 0.2) is 273 Å². The molecule has 0 aromatic heterocycles. The molecule has 0 aliphatic heterocycles. The van der Waals surface area contributed by atoms with Crippen LogP contribution in [0.1, 0.15) is 46.5 Å². The number of nitrogens with zero attached hydrogens (tertiary/aromatic N) is 1. The van der Waals surface area contributed by atoms with Gasteiger partial charge in [0.2, 0.25) is 0 Å². The van der Waals surface area contributed by atoms with Gasteiger partial charge in [-0.15, -0.1) is 0 Å². The Balaban J connectivity index is -0.000000492. The molecule has 0 spiro atoms. The van der Waals surface area contributed by atoms with Gasteiger partial charge in [-0.25, -0.2) is 0 Å². The van der Waals surface area contributed by atoms with Gasteiger partial charge in [0.1, 0.15) is 47.7 Å². The fourth-order valence-electron chi connectivity index (χ4n) is 6.99. The number of halogens is 6. The molecule has 490 valence electrons. The molecule has 0 bridgehead atoms. The number of aliphatic hydroxyl groups excluding tert-OH is 4. The molecule has 0 atom stereocenters. The number of hydrogen-bond acceptors (Lipinski definition) is 5. The molecule has 9 rings (SSSR count). The molecule has 0 saturated heterocycles. The third-order valence-electron chi connectivity index (χ3n) is 10.3. The molecule has 0 amide bonds. The van der Waals surface area contributed by atoms with Crippen molar-refractivity contribution in [3.63, 3.8) is 0 Å². The molecule has 89 heavy (non-hydrogen) atoms. The maximum atomic E-state index is 7.84.